The first-order valence-corrected chi connectivity index (χ1v) is 6.03. The van der Waals surface area contributed by atoms with Crippen molar-refractivity contribution < 1.29 is 9.53 Å². The molecule has 1 saturated heterocycles. The van der Waals surface area contributed by atoms with Crippen molar-refractivity contribution in [3.63, 3.8) is 0 Å². The second kappa shape index (κ2) is 7.60. The van der Waals surface area contributed by atoms with E-state index in [2.05, 4.69) is 15.5 Å². The van der Waals surface area contributed by atoms with E-state index in [9.17, 15) is 4.79 Å². The first kappa shape index (κ1) is 13.4. The molecule has 1 unspecified atom stereocenters. The van der Waals surface area contributed by atoms with Crippen molar-refractivity contribution in [1.29, 1.82) is 0 Å². The van der Waals surface area contributed by atoms with Gasteiger partial charge in [0.25, 0.3) is 0 Å². The van der Waals surface area contributed by atoms with Gasteiger partial charge in [0, 0.05) is 19.6 Å². The average Bonchev–Trinajstić information content (AvgIpc) is 2.30. The molecule has 1 aliphatic rings. The minimum atomic E-state index is -0.106. The molecule has 0 saturated carbocycles. The van der Waals surface area contributed by atoms with E-state index >= 15 is 0 Å². The number of carbonyl (C=O) groups is 1. The van der Waals surface area contributed by atoms with Crippen LogP contribution in [0.3, 0.4) is 0 Å². The second-order valence-corrected chi connectivity index (χ2v) is 3.98. The third-order valence-electron chi connectivity index (χ3n) is 2.77. The van der Waals surface area contributed by atoms with Gasteiger partial charge in [0.2, 0.25) is 5.91 Å². The summed E-state index contributed by atoms with van der Waals surface area (Å²) in [4.78, 5) is 14.0. The van der Waals surface area contributed by atoms with Crippen LogP contribution in [-0.2, 0) is 9.53 Å². The van der Waals surface area contributed by atoms with Crippen LogP contribution in [0.2, 0.25) is 0 Å². The lowest BCUT2D eigenvalue weighted by Gasteiger charge is -2.34. The molecule has 1 amide bonds. The molecule has 1 aliphatic heterocycles. The summed E-state index contributed by atoms with van der Waals surface area (Å²) in [5.41, 5.74) is 0. The number of carbonyl (C=O) groups excluding carboxylic acids is 1. The Morgan fingerprint density at radius 1 is 1.56 bits per heavy atom. The largest absolute Gasteiger partial charge is 0.378 e. The molecule has 0 radical (unpaired) electrons. The van der Waals surface area contributed by atoms with Crippen LogP contribution in [-0.4, -0.2) is 63.3 Å². The molecule has 1 atom stereocenters. The van der Waals surface area contributed by atoms with Gasteiger partial charge in [-0.25, -0.2) is 0 Å². The SMILES string of the molecule is CCNC(=O)C1COCCN1CCCNC. The quantitative estimate of drug-likeness (QED) is 0.599. The minimum Gasteiger partial charge on any atom is -0.378 e. The number of morpholine rings is 1. The van der Waals surface area contributed by atoms with Gasteiger partial charge in [-0.2, -0.15) is 0 Å². The van der Waals surface area contributed by atoms with Gasteiger partial charge < -0.3 is 15.4 Å². The Labute approximate surface area is 97.5 Å². The van der Waals surface area contributed by atoms with Gasteiger partial charge in [-0.05, 0) is 26.9 Å². The van der Waals surface area contributed by atoms with Crippen molar-refractivity contribution in [1.82, 2.24) is 15.5 Å². The molecular formula is C11H23N3O2. The van der Waals surface area contributed by atoms with Gasteiger partial charge in [-0.3, -0.25) is 9.69 Å². The summed E-state index contributed by atoms with van der Waals surface area (Å²) in [6, 6.07) is -0.106. The number of rotatable bonds is 6. The lowest BCUT2D eigenvalue weighted by Crippen LogP contribution is -2.54. The maximum atomic E-state index is 11.8. The Kier molecular flexibility index (Phi) is 6.37. The highest BCUT2D eigenvalue weighted by atomic mass is 16.5. The highest BCUT2D eigenvalue weighted by Crippen LogP contribution is 2.07. The van der Waals surface area contributed by atoms with Crippen LogP contribution in [0.15, 0.2) is 0 Å². The van der Waals surface area contributed by atoms with Crippen LogP contribution in [0, 0.1) is 0 Å². The highest BCUT2D eigenvalue weighted by Gasteiger charge is 2.28. The van der Waals surface area contributed by atoms with E-state index in [-0.39, 0.29) is 11.9 Å². The topological polar surface area (TPSA) is 53.6 Å². The molecular weight excluding hydrogens is 206 g/mol. The van der Waals surface area contributed by atoms with Crippen LogP contribution >= 0.6 is 0 Å². The molecule has 94 valence electrons. The van der Waals surface area contributed by atoms with Crippen molar-refractivity contribution in [3.05, 3.63) is 0 Å². The molecule has 0 spiro atoms. The number of nitrogens with zero attached hydrogens (tertiary/aromatic N) is 1. The molecule has 2 N–H and O–H groups in total. The Balaban J connectivity index is 2.40. The van der Waals surface area contributed by atoms with E-state index in [0.29, 0.717) is 13.2 Å². The smallest absolute Gasteiger partial charge is 0.239 e. The summed E-state index contributed by atoms with van der Waals surface area (Å²) in [6.45, 7) is 6.66. The number of amides is 1. The summed E-state index contributed by atoms with van der Waals surface area (Å²) >= 11 is 0. The molecule has 5 nitrogen and oxygen atoms in total. The van der Waals surface area contributed by atoms with E-state index in [4.69, 9.17) is 4.74 Å². The van der Waals surface area contributed by atoms with Crippen LogP contribution in [0.25, 0.3) is 0 Å². The lowest BCUT2D eigenvalue weighted by molar-refractivity contribution is -0.132. The molecule has 1 heterocycles. The molecule has 1 fully saturated rings. The van der Waals surface area contributed by atoms with Crippen molar-refractivity contribution in [2.75, 3.05) is 46.4 Å². The standard InChI is InChI=1S/C11H23N3O2/c1-3-13-11(15)10-9-16-8-7-14(10)6-4-5-12-2/h10,12H,3-9H2,1-2H3,(H,13,15). The third kappa shape index (κ3) is 4.08. The number of hydrogen-bond donors (Lipinski definition) is 2. The highest BCUT2D eigenvalue weighted by molar-refractivity contribution is 5.81. The van der Waals surface area contributed by atoms with Gasteiger partial charge in [0.15, 0.2) is 0 Å². The van der Waals surface area contributed by atoms with Crippen molar-refractivity contribution in [3.8, 4) is 0 Å². The maximum absolute atomic E-state index is 11.8. The van der Waals surface area contributed by atoms with Gasteiger partial charge in [-0.1, -0.05) is 0 Å². The zero-order valence-electron chi connectivity index (χ0n) is 10.3. The third-order valence-corrected chi connectivity index (χ3v) is 2.77. The van der Waals surface area contributed by atoms with E-state index in [1.165, 1.54) is 0 Å². The molecule has 0 aliphatic carbocycles. The van der Waals surface area contributed by atoms with E-state index in [1.807, 2.05) is 14.0 Å². The number of likely N-dealkylation sites (N-methyl/N-ethyl adjacent to an activating group) is 1. The predicted octanol–water partition coefficient (Wildman–Crippen LogP) is -0.567. The zero-order valence-corrected chi connectivity index (χ0v) is 10.3. The second-order valence-electron chi connectivity index (χ2n) is 3.98. The zero-order chi connectivity index (χ0) is 11.8. The maximum Gasteiger partial charge on any atom is 0.239 e. The normalized spacial score (nSPS) is 22.0. The number of ether oxygens (including phenoxy) is 1. The molecule has 1 rings (SSSR count). The molecule has 0 aromatic carbocycles. The van der Waals surface area contributed by atoms with Crippen LogP contribution in [0.5, 0.6) is 0 Å². The molecule has 0 aromatic rings. The first-order chi connectivity index (χ1) is 7.79. The Morgan fingerprint density at radius 3 is 3.06 bits per heavy atom. The van der Waals surface area contributed by atoms with Gasteiger partial charge >= 0.3 is 0 Å². The summed E-state index contributed by atoms with van der Waals surface area (Å²) < 4.78 is 5.37. The lowest BCUT2D eigenvalue weighted by atomic mass is 10.2. The fraction of sp³-hybridized carbons (Fsp3) is 0.909. The van der Waals surface area contributed by atoms with E-state index in [0.717, 1.165) is 32.7 Å². The van der Waals surface area contributed by atoms with E-state index < -0.39 is 0 Å². The Bertz CT molecular complexity index is 211. The van der Waals surface area contributed by atoms with Crippen LogP contribution < -0.4 is 10.6 Å². The summed E-state index contributed by atoms with van der Waals surface area (Å²) in [7, 11) is 1.95. The summed E-state index contributed by atoms with van der Waals surface area (Å²) in [6.07, 6.45) is 1.06. The monoisotopic (exact) mass is 229 g/mol. The van der Waals surface area contributed by atoms with Crippen LogP contribution in [0.1, 0.15) is 13.3 Å². The van der Waals surface area contributed by atoms with Gasteiger partial charge in [0.1, 0.15) is 6.04 Å². The van der Waals surface area contributed by atoms with Gasteiger partial charge in [0.05, 0.1) is 13.2 Å². The van der Waals surface area contributed by atoms with Crippen molar-refractivity contribution in [2.45, 2.75) is 19.4 Å². The molecule has 0 aromatic heterocycles. The van der Waals surface area contributed by atoms with E-state index in [1.54, 1.807) is 0 Å². The fourth-order valence-corrected chi connectivity index (χ4v) is 1.90. The first-order valence-electron chi connectivity index (χ1n) is 6.03. The average molecular weight is 229 g/mol. The predicted molar refractivity (Wildman–Crippen MR) is 63.4 cm³/mol. The summed E-state index contributed by atoms with van der Waals surface area (Å²) in [5.74, 6) is 0.0895. The summed E-state index contributed by atoms with van der Waals surface area (Å²) in [5, 5.41) is 5.98. The van der Waals surface area contributed by atoms with Crippen molar-refractivity contribution >= 4 is 5.91 Å². The Morgan fingerprint density at radius 2 is 2.38 bits per heavy atom. The van der Waals surface area contributed by atoms with Crippen molar-refractivity contribution in [2.24, 2.45) is 0 Å². The fourth-order valence-electron chi connectivity index (χ4n) is 1.90. The van der Waals surface area contributed by atoms with Crippen LogP contribution in [0.4, 0.5) is 0 Å². The molecule has 5 heteroatoms. The minimum absolute atomic E-state index is 0.0895. The Hall–Kier alpha value is -0.650. The number of nitrogens with one attached hydrogen (secondary N) is 2. The molecule has 16 heavy (non-hydrogen) atoms. The number of hydrogen-bond acceptors (Lipinski definition) is 4. The van der Waals surface area contributed by atoms with Gasteiger partial charge in [-0.15, -0.1) is 0 Å². The molecule has 0 bridgehead atoms.